The van der Waals surface area contributed by atoms with Gasteiger partial charge >= 0.3 is 0 Å². The van der Waals surface area contributed by atoms with Crippen molar-refractivity contribution in [2.75, 3.05) is 13.2 Å². The van der Waals surface area contributed by atoms with Gasteiger partial charge in [-0.05, 0) is 30.4 Å². The van der Waals surface area contributed by atoms with Crippen molar-refractivity contribution in [3.05, 3.63) is 35.4 Å². The minimum atomic E-state index is -0.993. The topological polar surface area (TPSA) is 69.6 Å². The average Bonchev–Trinajstić information content (AvgIpc) is 2.58. The van der Waals surface area contributed by atoms with E-state index in [-0.39, 0.29) is 19.1 Å². The molecule has 0 aliphatic carbocycles. The molecule has 1 aromatic carbocycles. The minimum absolute atomic E-state index is 0.252. The van der Waals surface area contributed by atoms with E-state index < -0.39 is 5.54 Å². The zero-order chi connectivity index (χ0) is 17.8. The van der Waals surface area contributed by atoms with Crippen molar-refractivity contribution in [3.63, 3.8) is 0 Å². The summed E-state index contributed by atoms with van der Waals surface area (Å²) in [7, 11) is 0. The van der Waals surface area contributed by atoms with E-state index in [4.69, 9.17) is 0 Å². The van der Waals surface area contributed by atoms with Crippen molar-refractivity contribution in [2.24, 2.45) is 0 Å². The zero-order valence-electron chi connectivity index (χ0n) is 15.2. The third kappa shape index (κ3) is 7.45. The van der Waals surface area contributed by atoms with Crippen LogP contribution >= 0.6 is 0 Å². The van der Waals surface area contributed by atoms with Gasteiger partial charge in [-0.15, -0.1) is 0 Å². The van der Waals surface area contributed by atoms with Crippen LogP contribution in [0.4, 0.5) is 0 Å². The van der Waals surface area contributed by atoms with Crippen molar-refractivity contribution < 1.29 is 15.0 Å². The van der Waals surface area contributed by atoms with Gasteiger partial charge in [0.1, 0.15) is 0 Å². The summed E-state index contributed by atoms with van der Waals surface area (Å²) in [5.74, 6) is -0.252. The summed E-state index contributed by atoms with van der Waals surface area (Å²) < 4.78 is 0. The lowest BCUT2D eigenvalue weighted by atomic mass is 9.91. The molecule has 0 fully saturated rings. The van der Waals surface area contributed by atoms with Gasteiger partial charge in [0.25, 0.3) is 0 Å². The molecule has 136 valence electrons. The molecule has 0 bridgehead atoms. The Kier molecular flexibility index (Phi) is 9.65. The van der Waals surface area contributed by atoms with Gasteiger partial charge in [-0.1, -0.05) is 63.3 Å². The highest BCUT2D eigenvalue weighted by atomic mass is 16.3. The average molecular weight is 335 g/mol. The Morgan fingerprint density at radius 3 is 2.04 bits per heavy atom. The molecule has 3 N–H and O–H groups in total. The molecule has 0 spiro atoms. The number of rotatable bonds is 12. The summed E-state index contributed by atoms with van der Waals surface area (Å²) in [6.07, 6.45) is 9.26. The van der Waals surface area contributed by atoms with Gasteiger partial charge < -0.3 is 15.5 Å². The van der Waals surface area contributed by atoms with Crippen LogP contribution in [0.2, 0.25) is 0 Å². The van der Waals surface area contributed by atoms with Crippen LogP contribution in [0.3, 0.4) is 0 Å². The predicted molar refractivity (Wildman–Crippen MR) is 97.9 cm³/mol. The molecule has 1 rings (SSSR count). The lowest BCUT2D eigenvalue weighted by molar-refractivity contribution is -0.122. The van der Waals surface area contributed by atoms with Crippen molar-refractivity contribution in [2.45, 2.75) is 70.8 Å². The van der Waals surface area contributed by atoms with Crippen LogP contribution < -0.4 is 5.32 Å². The molecule has 0 radical (unpaired) electrons. The van der Waals surface area contributed by atoms with Crippen LogP contribution in [0.15, 0.2) is 24.3 Å². The van der Waals surface area contributed by atoms with E-state index in [1.807, 2.05) is 12.1 Å². The molecule has 24 heavy (non-hydrogen) atoms. The van der Waals surface area contributed by atoms with Crippen LogP contribution in [0.1, 0.15) is 63.5 Å². The summed E-state index contributed by atoms with van der Waals surface area (Å²) in [6.45, 7) is 3.05. The number of hydrogen-bond acceptors (Lipinski definition) is 3. The van der Waals surface area contributed by atoms with Crippen molar-refractivity contribution in [3.8, 4) is 0 Å². The molecule has 0 heterocycles. The van der Waals surface area contributed by atoms with Crippen LogP contribution in [0.5, 0.6) is 0 Å². The summed E-state index contributed by atoms with van der Waals surface area (Å²) in [6, 6.07) is 8.26. The molecule has 0 atom stereocenters. The standard InChI is InChI=1S/C20H33NO3/c1-3-4-5-6-7-8-9-18-10-12-19(13-11-18)14-20(15-22,16-23)21-17(2)24/h10-13,22-23H,3-9,14-16H2,1-2H3,(H,21,24). The highest BCUT2D eigenvalue weighted by Crippen LogP contribution is 2.16. The molecule has 0 aliphatic rings. The fraction of sp³-hybridized carbons (Fsp3) is 0.650. The van der Waals surface area contributed by atoms with Crippen LogP contribution in [0, 0.1) is 0 Å². The second kappa shape index (κ2) is 11.2. The fourth-order valence-electron chi connectivity index (χ4n) is 2.98. The third-order valence-electron chi connectivity index (χ3n) is 4.43. The molecule has 0 aromatic heterocycles. The summed E-state index contributed by atoms with van der Waals surface area (Å²) in [4.78, 5) is 11.3. The molecule has 0 unspecified atom stereocenters. The summed E-state index contributed by atoms with van der Waals surface area (Å²) >= 11 is 0. The largest absolute Gasteiger partial charge is 0.394 e. The number of aryl methyl sites for hydroxylation is 1. The highest BCUT2D eigenvalue weighted by molar-refractivity contribution is 5.74. The molecule has 1 aromatic rings. The Morgan fingerprint density at radius 2 is 1.50 bits per heavy atom. The van der Waals surface area contributed by atoms with E-state index >= 15 is 0 Å². The second-order valence-corrected chi connectivity index (χ2v) is 6.79. The number of hydrogen-bond donors (Lipinski definition) is 3. The monoisotopic (exact) mass is 335 g/mol. The number of carbonyl (C=O) groups is 1. The maximum atomic E-state index is 11.3. The molecule has 0 saturated carbocycles. The maximum absolute atomic E-state index is 11.3. The number of unbranched alkanes of at least 4 members (excludes halogenated alkanes) is 5. The van der Waals surface area contributed by atoms with Gasteiger partial charge in [0, 0.05) is 6.92 Å². The van der Waals surface area contributed by atoms with Gasteiger partial charge in [0.05, 0.1) is 18.8 Å². The molecular weight excluding hydrogens is 302 g/mol. The number of aliphatic hydroxyl groups excluding tert-OH is 2. The molecular formula is C20H33NO3. The maximum Gasteiger partial charge on any atom is 0.217 e. The van der Waals surface area contributed by atoms with Gasteiger partial charge in [-0.2, -0.15) is 0 Å². The SMILES string of the molecule is CCCCCCCCc1ccc(CC(CO)(CO)NC(C)=O)cc1. The molecule has 4 nitrogen and oxygen atoms in total. The first-order valence-electron chi connectivity index (χ1n) is 9.13. The first kappa shape index (κ1) is 20.7. The number of carbonyl (C=O) groups excluding carboxylic acids is 1. The third-order valence-corrected chi connectivity index (χ3v) is 4.43. The lowest BCUT2D eigenvalue weighted by Gasteiger charge is -2.30. The number of benzene rings is 1. The first-order chi connectivity index (χ1) is 11.5. The summed E-state index contributed by atoms with van der Waals surface area (Å²) in [5, 5.41) is 21.8. The van der Waals surface area contributed by atoms with E-state index in [1.54, 1.807) is 0 Å². The van der Waals surface area contributed by atoms with E-state index in [0.717, 1.165) is 12.0 Å². The smallest absolute Gasteiger partial charge is 0.217 e. The molecule has 0 saturated heterocycles. The van der Waals surface area contributed by atoms with E-state index in [9.17, 15) is 15.0 Å². The number of nitrogens with one attached hydrogen (secondary N) is 1. The van der Waals surface area contributed by atoms with Gasteiger partial charge in [-0.3, -0.25) is 4.79 Å². The molecule has 1 amide bonds. The van der Waals surface area contributed by atoms with Crippen molar-refractivity contribution in [1.82, 2.24) is 5.32 Å². The molecule has 0 aliphatic heterocycles. The zero-order valence-corrected chi connectivity index (χ0v) is 15.2. The Morgan fingerprint density at radius 1 is 0.958 bits per heavy atom. The van der Waals surface area contributed by atoms with Crippen molar-refractivity contribution in [1.29, 1.82) is 0 Å². The lowest BCUT2D eigenvalue weighted by Crippen LogP contribution is -2.55. The fourth-order valence-corrected chi connectivity index (χ4v) is 2.98. The van der Waals surface area contributed by atoms with Gasteiger partial charge in [0.2, 0.25) is 5.91 Å². The Hall–Kier alpha value is -1.39. The molecule has 4 heteroatoms. The van der Waals surface area contributed by atoms with E-state index in [2.05, 4.69) is 24.4 Å². The normalized spacial score (nSPS) is 11.5. The van der Waals surface area contributed by atoms with Gasteiger partial charge in [-0.25, -0.2) is 0 Å². The Labute approximate surface area is 146 Å². The van der Waals surface area contributed by atoms with Crippen LogP contribution in [-0.4, -0.2) is 34.9 Å². The summed E-state index contributed by atoms with van der Waals surface area (Å²) in [5.41, 5.74) is 1.32. The van der Waals surface area contributed by atoms with E-state index in [1.165, 1.54) is 51.0 Å². The van der Waals surface area contributed by atoms with Gasteiger partial charge in [0.15, 0.2) is 0 Å². The number of amides is 1. The first-order valence-corrected chi connectivity index (χ1v) is 9.13. The minimum Gasteiger partial charge on any atom is -0.394 e. The predicted octanol–water partition coefficient (Wildman–Crippen LogP) is 2.99. The number of aliphatic hydroxyl groups is 2. The Balaban J connectivity index is 2.49. The van der Waals surface area contributed by atoms with Crippen molar-refractivity contribution >= 4 is 5.91 Å². The van der Waals surface area contributed by atoms with E-state index in [0.29, 0.717) is 6.42 Å². The van der Waals surface area contributed by atoms with Crippen LogP contribution in [-0.2, 0) is 17.6 Å². The second-order valence-electron chi connectivity index (χ2n) is 6.79. The Bertz CT molecular complexity index is 466. The van der Waals surface area contributed by atoms with Crippen LogP contribution in [0.25, 0.3) is 0 Å². The quantitative estimate of drug-likeness (QED) is 0.514. The highest BCUT2D eigenvalue weighted by Gasteiger charge is 2.29.